The van der Waals surface area contributed by atoms with Crippen LogP contribution in [0, 0.1) is 0 Å². The maximum absolute atomic E-state index is 4.82. The average Bonchev–Trinajstić information content (AvgIpc) is 3.07. The van der Waals surface area contributed by atoms with Crippen LogP contribution >= 0.6 is 11.8 Å². The number of hydrogen-bond acceptors (Lipinski definition) is 6. The van der Waals surface area contributed by atoms with E-state index < -0.39 is 0 Å². The number of nitrogens with zero attached hydrogens (tertiary/aromatic N) is 4. The van der Waals surface area contributed by atoms with Crippen LogP contribution in [-0.4, -0.2) is 53.0 Å². The number of rotatable bonds is 5. The van der Waals surface area contributed by atoms with Gasteiger partial charge in [0.25, 0.3) is 0 Å². The zero-order valence-electron chi connectivity index (χ0n) is 12.4. The highest BCUT2D eigenvalue weighted by molar-refractivity contribution is 8.13. The van der Waals surface area contributed by atoms with Gasteiger partial charge in [-0.3, -0.25) is 10.3 Å². The summed E-state index contributed by atoms with van der Waals surface area (Å²) in [7, 11) is 0. The van der Waals surface area contributed by atoms with Crippen molar-refractivity contribution in [3.05, 3.63) is 36.6 Å². The number of hydrogen-bond donors (Lipinski definition) is 1. The van der Waals surface area contributed by atoms with Gasteiger partial charge >= 0.3 is 0 Å². The van der Waals surface area contributed by atoms with Crippen LogP contribution in [0.4, 0.5) is 0 Å². The number of nitrogens with one attached hydrogen (secondary N) is 1. The van der Waals surface area contributed by atoms with Crippen LogP contribution < -0.4 is 5.43 Å². The summed E-state index contributed by atoms with van der Waals surface area (Å²) in [6.07, 6.45) is 8.14. The molecule has 0 radical (unpaired) electrons. The van der Waals surface area contributed by atoms with Gasteiger partial charge in [0.15, 0.2) is 5.17 Å². The minimum Gasteiger partial charge on any atom is -0.287 e. The molecule has 0 aromatic rings. The predicted octanol–water partition coefficient (Wildman–Crippen LogP) is 1.99. The van der Waals surface area contributed by atoms with Gasteiger partial charge in [-0.05, 0) is 24.7 Å². The molecule has 2 heterocycles. The second-order valence-electron chi connectivity index (χ2n) is 5.31. The molecule has 3 aliphatic rings. The first-order valence-electron chi connectivity index (χ1n) is 7.20. The molecule has 0 saturated carbocycles. The van der Waals surface area contributed by atoms with Crippen molar-refractivity contribution >= 4 is 22.9 Å². The molecule has 2 aliphatic heterocycles. The van der Waals surface area contributed by atoms with Gasteiger partial charge in [0.1, 0.15) is 0 Å². The molecule has 6 heteroatoms. The summed E-state index contributed by atoms with van der Waals surface area (Å²) in [6, 6.07) is 0.360. The van der Waals surface area contributed by atoms with E-state index in [1.54, 1.807) is 11.8 Å². The maximum atomic E-state index is 4.82. The zero-order valence-corrected chi connectivity index (χ0v) is 13.2. The first kappa shape index (κ1) is 14.4. The van der Waals surface area contributed by atoms with E-state index in [0.717, 1.165) is 43.6 Å². The van der Waals surface area contributed by atoms with Crippen molar-refractivity contribution in [2.45, 2.75) is 18.9 Å². The molecule has 112 valence electrons. The Hall–Kier alpha value is -1.53. The Morgan fingerprint density at radius 1 is 1.38 bits per heavy atom. The van der Waals surface area contributed by atoms with E-state index in [2.05, 4.69) is 28.5 Å². The molecule has 1 N–H and O–H groups in total. The normalized spacial score (nSPS) is 23.5. The second kappa shape index (κ2) is 6.07. The summed E-state index contributed by atoms with van der Waals surface area (Å²) in [4.78, 5) is 11.7. The van der Waals surface area contributed by atoms with Gasteiger partial charge in [-0.2, -0.15) is 4.99 Å². The fourth-order valence-corrected chi connectivity index (χ4v) is 3.44. The van der Waals surface area contributed by atoms with Gasteiger partial charge in [-0.25, -0.2) is 10.0 Å². The number of hydrazine groups is 1. The molecule has 0 fully saturated rings. The highest BCUT2D eigenvalue weighted by atomic mass is 32.2. The topological polar surface area (TPSA) is 43.2 Å². The molecule has 0 amide bonds. The van der Waals surface area contributed by atoms with Gasteiger partial charge in [0.05, 0.1) is 18.3 Å². The lowest BCUT2D eigenvalue weighted by Gasteiger charge is -2.29. The van der Waals surface area contributed by atoms with E-state index in [4.69, 9.17) is 4.99 Å². The molecule has 0 spiro atoms. The van der Waals surface area contributed by atoms with E-state index in [9.17, 15) is 0 Å². The highest BCUT2D eigenvalue weighted by Gasteiger charge is 2.36. The zero-order chi connectivity index (χ0) is 14.8. The molecule has 21 heavy (non-hydrogen) atoms. The third-order valence-corrected chi connectivity index (χ3v) is 4.57. The standard InChI is InChI=1S/C15H21N5S/c1-4-8-19(9-5-2)12-7-6-11-10-20-14(16-13(11)12)17-15(18-20)21-3/h4-5,12H,1-2,6-10H2,3H3,(H,16,17,18). The molecule has 5 nitrogen and oxygen atoms in total. The fraction of sp³-hybridized carbons (Fsp3) is 0.467. The fourth-order valence-electron chi connectivity index (χ4n) is 3.07. The van der Waals surface area contributed by atoms with Crippen LogP contribution in [-0.2, 0) is 0 Å². The second-order valence-corrected chi connectivity index (χ2v) is 6.10. The molecule has 0 aromatic heterocycles. The minimum absolute atomic E-state index is 0.360. The van der Waals surface area contributed by atoms with E-state index in [1.807, 2.05) is 23.4 Å². The van der Waals surface area contributed by atoms with Crippen LogP contribution in [0.1, 0.15) is 12.8 Å². The van der Waals surface area contributed by atoms with Crippen molar-refractivity contribution in [1.82, 2.24) is 15.3 Å². The highest BCUT2D eigenvalue weighted by Crippen LogP contribution is 2.35. The lowest BCUT2D eigenvalue weighted by Crippen LogP contribution is -2.42. The number of thioether (sulfide) groups is 1. The largest absolute Gasteiger partial charge is 0.287 e. The molecular weight excluding hydrogens is 282 g/mol. The van der Waals surface area contributed by atoms with Crippen molar-refractivity contribution < 1.29 is 0 Å². The Bertz CT molecular complexity index is 538. The lowest BCUT2D eigenvalue weighted by molar-refractivity contribution is 0.267. The Kier molecular flexibility index (Phi) is 4.17. The summed E-state index contributed by atoms with van der Waals surface area (Å²) in [5, 5.41) is 2.96. The van der Waals surface area contributed by atoms with Crippen LogP contribution in [0.3, 0.4) is 0 Å². The Labute approximate surface area is 130 Å². The first-order valence-corrected chi connectivity index (χ1v) is 8.42. The van der Waals surface area contributed by atoms with Gasteiger partial charge in [-0.15, -0.1) is 13.2 Å². The summed E-state index contributed by atoms with van der Waals surface area (Å²) in [5.74, 6) is 0.794. The Morgan fingerprint density at radius 2 is 2.14 bits per heavy atom. The number of fused-ring (bicyclic) bond motifs is 1. The summed E-state index contributed by atoms with van der Waals surface area (Å²) < 4.78 is 0. The number of guanidine groups is 1. The third-order valence-electron chi connectivity index (χ3n) is 4.00. The Balaban J connectivity index is 1.84. The van der Waals surface area contributed by atoms with Crippen molar-refractivity contribution in [1.29, 1.82) is 0 Å². The van der Waals surface area contributed by atoms with Crippen molar-refractivity contribution in [2.24, 2.45) is 9.98 Å². The Morgan fingerprint density at radius 3 is 2.81 bits per heavy atom. The van der Waals surface area contributed by atoms with E-state index in [1.165, 1.54) is 11.3 Å². The molecule has 1 aliphatic carbocycles. The average molecular weight is 303 g/mol. The van der Waals surface area contributed by atoms with Crippen LogP contribution in [0.2, 0.25) is 0 Å². The van der Waals surface area contributed by atoms with Gasteiger partial charge in [0.2, 0.25) is 5.96 Å². The van der Waals surface area contributed by atoms with E-state index >= 15 is 0 Å². The smallest absolute Gasteiger partial charge is 0.247 e. The van der Waals surface area contributed by atoms with Crippen molar-refractivity contribution in [2.75, 3.05) is 25.9 Å². The maximum Gasteiger partial charge on any atom is 0.247 e. The molecule has 1 atom stereocenters. The molecule has 0 saturated heterocycles. The first-order chi connectivity index (χ1) is 10.3. The summed E-state index contributed by atoms with van der Waals surface area (Å²) >= 11 is 1.61. The van der Waals surface area contributed by atoms with Crippen LogP contribution in [0.25, 0.3) is 0 Å². The molecule has 3 rings (SSSR count). The quantitative estimate of drug-likeness (QED) is 0.789. The van der Waals surface area contributed by atoms with Gasteiger partial charge < -0.3 is 0 Å². The van der Waals surface area contributed by atoms with Crippen LogP contribution in [0.15, 0.2) is 46.6 Å². The van der Waals surface area contributed by atoms with E-state index in [0.29, 0.717) is 6.04 Å². The van der Waals surface area contributed by atoms with Crippen LogP contribution in [0.5, 0.6) is 0 Å². The SMILES string of the molecule is C=CCN(CC=C)C1CCC2=C1N=C1N=C(SC)NN1C2. The molecule has 0 bridgehead atoms. The minimum atomic E-state index is 0.360. The van der Waals surface area contributed by atoms with Crippen molar-refractivity contribution in [3.8, 4) is 0 Å². The van der Waals surface area contributed by atoms with Gasteiger partial charge in [-0.1, -0.05) is 23.9 Å². The molecule has 0 aromatic carbocycles. The van der Waals surface area contributed by atoms with Crippen molar-refractivity contribution in [3.63, 3.8) is 0 Å². The lowest BCUT2D eigenvalue weighted by atomic mass is 10.1. The van der Waals surface area contributed by atoms with E-state index in [-0.39, 0.29) is 0 Å². The third kappa shape index (κ3) is 2.65. The summed E-state index contributed by atoms with van der Waals surface area (Å²) in [6.45, 7) is 10.3. The molecule has 1 unspecified atom stereocenters. The summed E-state index contributed by atoms with van der Waals surface area (Å²) in [5.41, 5.74) is 5.91. The van der Waals surface area contributed by atoms with Gasteiger partial charge in [0, 0.05) is 13.1 Å². The number of aliphatic imine (C=N–C) groups is 2. The molecular formula is C15H21N5S. The predicted molar refractivity (Wildman–Crippen MR) is 90.2 cm³/mol. The number of amidine groups is 1. The monoisotopic (exact) mass is 303 g/mol.